The van der Waals surface area contributed by atoms with Gasteiger partial charge in [0, 0.05) is 21.3 Å². The fourth-order valence-electron chi connectivity index (χ4n) is 1.62. The van der Waals surface area contributed by atoms with E-state index >= 15 is 0 Å². The molecule has 0 atom stereocenters. The molecule has 0 aromatic carbocycles. The lowest BCUT2D eigenvalue weighted by Gasteiger charge is -2.30. The van der Waals surface area contributed by atoms with Gasteiger partial charge in [-0.1, -0.05) is 13.8 Å². The minimum absolute atomic E-state index is 0.776. The van der Waals surface area contributed by atoms with Crippen LogP contribution in [0, 0.1) is 0 Å². The summed E-state index contributed by atoms with van der Waals surface area (Å²) in [6.45, 7) is 6.49. The van der Waals surface area contributed by atoms with E-state index < -0.39 is 8.80 Å². The van der Waals surface area contributed by atoms with E-state index in [1.165, 1.54) is 0 Å². The molecule has 0 heterocycles. The monoisotopic (exact) mass is 235 g/mol. The molecule has 0 bridgehead atoms. The van der Waals surface area contributed by atoms with Crippen molar-refractivity contribution in [1.82, 2.24) is 4.90 Å². The van der Waals surface area contributed by atoms with Crippen molar-refractivity contribution in [2.24, 2.45) is 0 Å². The van der Waals surface area contributed by atoms with Gasteiger partial charge in [0.05, 0.1) is 6.17 Å². The molecule has 0 aliphatic rings. The zero-order valence-corrected chi connectivity index (χ0v) is 11.7. The number of rotatable bonds is 9. The van der Waals surface area contributed by atoms with Crippen LogP contribution < -0.4 is 0 Å². The maximum absolute atomic E-state index is 5.41. The van der Waals surface area contributed by atoms with Crippen LogP contribution >= 0.6 is 0 Å². The molecule has 0 unspecified atom stereocenters. The Hall–Kier alpha value is 0.0569. The Morgan fingerprint density at radius 1 is 0.867 bits per heavy atom. The summed E-state index contributed by atoms with van der Waals surface area (Å²) in [6.07, 6.45) is 3.06. The molecule has 0 aromatic rings. The van der Waals surface area contributed by atoms with Crippen LogP contribution in [0.15, 0.2) is 0 Å². The van der Waals surface area contributed by atoms with Gasteiger partial charge in [-0.2, -0.15) is 0 Å². The van der Waals surface area contributed by atoms with Gasteiger partial charge >= 0.3 is 8.80 Å². The molecule has 92 valence electrons. The highest BCUT2D eigenvalue weighted by Gasteiger charge is 2.39. The third kappa shape index (κ3) is 5.08. The fourth-order valence-corrected chi connectivity index (χ4v) is 3.37. The predicted molar refractivity (Wildman–Crippen MR) is 63.8 cm³/mol. The highest BCUT2D eigenvalue weighted by molar-refractivity contribution is 6.60. The van der Waals surface area contributed by atoms with Crippen molar-refractivity contribution < 1.29 is 13.3 Å². The first-order valence-corrected chi connectivity index (χ1v) is 7.49. The summed E-state index contributed by atoms with van der Waals surface area (Å²) in [5.74, 6) is 0. The molecule has 0 radical (unpaired) electrons. The molecule has 0 aliphatic heterocycles. The van der Waals surface area contributed by atoms with Crippen molar-refractivity contribution in [2.75, 3.05) is 40.6 Å². The summed E-state index contributed by atoms with van der Waals surface area (Å²) in [5, 5.41) is 0. The molecule has 0 fully saturated rings. The van der Waals surface area contributed by atoms with E-state index in [9.17, 15) is 0 Å². The Balaban J connectivity index is 4.30. The topological polar surface area (TPSA) is 30.9 Å². The second kappa shape index (κ2) is 8.24. The van der Waals surface area contributed by atoms with Gasteiger partial charge in [-0.3, -0.25) is 4.90 Å². The lowest BCUT2D eigenvalue weighted by Crippen LogP contribution is -2.53. The first-order valence-electron chi connectivity index (χ1n) is 5.55. The molecule has 15 heavy (non-hydrogen) atoms. The molecule has 0 saturated heterocycles. The molecular weight excluding hydrogens is 210 g/mol. The molecule has 4 nitrogen and oxygen atoms in total. The minimum Gasteiger partial charge on any atom is -0.376 e. The lowest BCUT2D eigenvalue weighted by molar-refractivity contribution is 0.102. The molecule has 0 aromatic heterocycles. The summed E-state index contributed by atoms with van der Waals surface area (Å²) >= 11 is 0. The Bertz CT molecular complexity index is 139. The number of nitrogens with zero attached hydrogens (tertiary/aromatic N) is 1. The van der Waals surface area contributed by atoms with Crippen molar-refractivity contribution in [2.45, 2.75) is 26.7 Å². The summed E-state index contributed by atoms with van der Waals surface area (Å²) < 4.78 is 16.2. The Kier molecular flexibility index (Phi) is 8.27. The zero-order chi connectivity index (χ0) is 11.7. The Labute approximate surface area is 94.9 Å². The zero-order valence-electron chi connectivity index (χ0n) is 10.7. The first kappa shape index (κ1) is 15.1. The van der Waals surface area contributed by atoms with Gasteiger partial charge in [0.1, 0.15) is 0 Å². The second-order valence-corrected chi connectivity index (χ2v) is 6.48. The van der Waals surface area contributed by atoms with E-state index in [0.717, 1.165) is 32.1 Å². The standard InChI is InChI=1S/C10H25NO3Si/c1-6-8-11(9-7-2)10-15(12-3,13-4)14-5/h6-10H2,1-5H3. The number of hydrogen-bond acceptors (Lipinski definition) is 4. The molecular formula is C10H25NO3Si. The van der Waals surface area contributed by atoms with Gasteiger partial charge in [0.25, 0.3) is 0 Å². The smallest absolute Gasteiger partial charge is 0.376 e. The maximum Gasteiger partial charge on any atom is 0.514 e. The molecule has 0 spiro atoms. The molecule has 0 saturated carbocycles. The average Bonchev–Trinajstić information content (AvgIpc) is 2.27. The van der Waals surface area contributed by atoms with Crippen LogP contribution in [-0.4, -0.2) is 54.3 Å². The average molecular weight is 235 g/mol. The summed E-state index contributed by atoms with van der Waals surface area (Å²) in [4.78, 5) is 2.35. The summed E-state index contributed by atoms with van der Waals surface area (Å²) in [6, 6.07) is 0. The highest BCUT2D eigenvalue weighted by Crippen LogP contribution is 2.09. The van der Waals surface area contributed by atoms with Crippen LogP contribution in [-0.2, 0) is 13.3 Å². The van der Waals surface area contributed by atoms with Gasteiger partial charge in [0.2, 0.25) is 0 Å². The second-order valence-electron chi connectivity index (χ2n) is 3.57. The van der Waals surface area contributed by atoms with Gasteiger partial charge in [-0.05, 0) is 25.9 Å². The summed E-state index contributed by atoms with van der Waals surface area (Å²) in [7, 11) is 2.56. The quantitative estimate of drug-likeness (QED) is 0.567. The fraction of sp³-hybridized carbons (Fsp3) is 1.00. The van der Waals surface area contributed by atoms with Crippen molar-refractivity contribution in [3.63, 3.8) is 0 Å². The van der Waals surface area contributed by atoms with Crippen LogP contribution in [0.1, 0.15) is 26.7 Å². The largest absolute Gasteiger partial charge is 0.514 e. The highest BCUT2D eigenvalue weighted by atomic mass is 28.4. The SMILES string of the molecule is CCCN(CCC)C[Si](OC)(OC)OC. The molecule has 0 amide bonds. The van der Waals surface area contributed by atoms with E-state index in [1.807, 2.05) is 0 Å². The van der Waals surface area contributed by atoms with E-state index in [-0.39, 0.29) is 0 Å². The van der Waals surface area contributed by atoms with Gasteiger partial charge in [-0.25, -0.2) is 0 Å². The molecule has 0 aliphatic carbocycles. The Morgan fingerprint density at radius 3 is 1.53 bits per heavy atom. The predicted octanol–water partition coefficient (Wildman–Crippen LogP) is 1.53. The van der Waals surface area contributed by atoms with E-state index in [0.29, 0.717) is 0 Å². The summed E-state index contributed by atoms with van der Waals surface area (Å²) in [5.41, 5.74) is 0. The van der Waals surface area contributed by atoms with E-state index in [2.05, 4.69) is 18.7 Å². The normalized spacial score (nSPS) is 12.4. The van der Waals surface area contributed by atoms with Crippen LogP contribution in [0.2, 0.25) is 0 Å². The lowest BCUT2D eigenvalue weighted by atomic mass is 10.4. The maximum atomic E-state index is 5.41. The van der Waals surface area contributed by atoms with E-state index in [1.54, 1.807) is 21.3 Å². The Morgan fingerprint density at radius 2 is 1.27 bits per heavy atom. The van der Waals surface area contributed by atoms with Gasteiger partial charge in [-0.15, -0.1) is 0 Å². The van der Waals surface area contributed by atoms with Crippen molar-refractivity contribution in [3.8, 4) is 0 Å². The third-order valence-corrected chi connectivity index (χ3v) is 5.13. The van der Waals surface area contributed by atoms with Crippen molar-refractivity contribution in [1.29, 1.82) is 0 Å². The van der Waals surface area contributed by atoms with Crippen LogP contribution in [0.5, 0.6) is 0 Å². The third-order valence-electron chi connectivity index (χ3n) is 2.43. The molecule has 0 N–H and O–H groups in total. The molecule has 0 rings (SSSR count). The van der Waals surface area contributed by atoms with E-state index in [4.69, 9.17) is 13.3 Å². The van der Waals surface area contributed by atoms with Gasteiger partial charge in [0.15, 0.2) is 0 Å². The van der Waals surface area contributed by atoms with Crippen LogP contribution in [0.4, 0.5) is 0 Å². The van der Waals surface area contributed by atoms with Gasteiger partial charge < -0.3 is 13.3 Å². The molecule has 5 heteroatoms. The van der Waals surface area contributed by atoms with Crippen molar-refractivity contribution in [3.05, 3.63) is 0 Å². The van der Waals surface area contributed by atoms with Crippen LogP contribution in [0.3, 0.4) is 0 Å². The van der Waals surface area contributed by atoms with Crippen molar-refractivity contribution >= 4 is 8.80 Å². The number of hydrogen-bond donors (Lipinski definition) is 0. The minimum atomic E-state index is -2.43. The van der Waals surface area contributed by atoms with Crippen LogP contribution in [0.25, 0.3) is 0 Å². The first-order chi connectivity index (χ1) is 7.17.